The molecule has 0 fully saturated rings. The molecule has 0 aliphatic heterocycles. The van der Waals surface area contributed by atoms with Crippen LogP contribution in [0.15, 0.2) is 29.0 Å². The third-order valence-corrected chi connectivity index (χ3v) is 2.04. The monoisotopic (exact) mass is 237 g/mol. The summed E-state index contributed by atoms with van der Waals surface area (Å²) in [6.45, 7) is 0.140. The molecule has 2 aromatic heterocycles. The van der Waals surface area contributed by atoms with Crippen LogP contribution < -0.4 is 0 Å². The molecule has 0 radical (unpaired) electrons. The highest BCUT2D eigenvalue weighted by Gasteiger charge is 2.25. The van der Waals surface area contributed by atoms with Crippen molar-refractivity contribution >= 4 is 11.7 Å². The second kappa shape index (κ2) is 4.08. The summed E-state index contributed by atoms with van der Waals surface area (Å²) in [5.41, 5.74) is -1.12. The summed E-state index contributed by atoms with van der Waals surface area (Å²) in [6.07, 6.45) is 2.51. The van der Waals surface area contributed by atoms with Crippen LogP contribution >= 0.6 is 0 Å². The highest BCUT2D eigenvalue weighted by atomic mass is 16.6. The van der Waals surface area contributed by atoms with E-state index in [1.54, 1.807) is 12.1 Å². The number of furan rings is 1. The van der Waals surface area contributed by atoms with Gasteiger partial charge in [0.25, 0.3) is 0 Å². The van der Waals surface area contributed by atoms with Crippen LogP contribution in [0.4, 0.5) is 5.69 Å². The Kier molecular flexibility index (Phi) is 2.61. The lowest BCUT2D eigenvalue weighted by Gasteiger charge is -1.95. The smallest absolute Gasteiger partial charge is 0.363 e. The van der Waals surface area contributed by atoms with Crippen molar-refractivity contribution in [1.29, 1.82) is 0 Å². The Bertz CT molecular complexity index is 526. The van der Waals surface area contributed by atoms with Crippen molar-refractivity contribution in [2.24, 2.45) is 0 Å². The van der Waals surface area contributed by atoms with Crippen LogP contribution in [0.1, 0.15) is 16.2 Å². The summed E-state index contributed by atoms with van der Waals surface area (Å²) in [6, 6.07) is 3.32. The maximum absolute atomic E-state index is 10.7. The molecule has 1 N–H and O–H groups in total. The molecule has 0 aromatic carbocycles. The van der Waals surface area contributed by atoms with Crippen LogP contribution in [-0.4, -0.2) is 25.8 Å². The Morgan fingerprint density at radius 2 is 2.41 bits per heavy atom. The van der Waals surface area contributed by atoms with Crippen molar-refractivity contribution < 1.29 is 19.2 Å². The third-order valence-electron chi connectivity index (χ3n) is 2.04. The Balaban J connectivity index is 2.34. The molecule has 88 valence electrons. The molecule has 0 atom stereocenters. The molecule has 17 heavy (non-hydrogen) atoms. The van der Waals surface area contributed by atoms with Crippen LogP contribution in [0.2, 0.25) is 0 Å². The fourth-order valence-corrected chi connectivity index (χ4v) is 1.34. The molecule has 0 saturated heterocycles. The van der Waals surface area contributed by atoms with Gasteiger partial charge in [-0.25, -0.2) is 4.79 Å². The molecule has 0 amide bonds. The van der Waals surface area contributed by atoms with Crippen LogP contribution in [0.25, 0.3) is 0 Å². The molecule has 0 bridgehead atoms. The predicted octanol–water partition coefficient (Wildman–Crippen LogP) is 1.13. The Hall–Kier alpha value is -2.64. The molecule has 2 aromatic rings. The van der Waals surface area contributed by atoms with Gasteiger partial charge in [-0.1, -0.05) is 0 Å². The van der Waals surface area contributed by atoms with Crippen molar-refractivity contribution in [1.82, 2.24) is 9.78 Å². The number of carboxylic acid groups (broad SMARTS) is 1. The Morgan fingerprint density at radius 3 is 2.88 bits per heavy atom. The highest BCUT2D eigenvalue weighted by molar-refractivity contribution is 5.89. The number of hydrogen-bond donors (Lipinski definition) is 1. The molecule has 8 nitrogen and oxygen atoms in total. The molecule has 8 heteroatoms. The number of carboxylic acids is 1. The van der Waals surface area contributed by atoms with Gasteiger partial charge >= 0.3 is 11.7 Å². The number of rotatable bonds is 4. The SMILES string of the molecule is O=C(O)c1nn(Cc2ccco2)cc1[N+](=O)[O-]. The molecule has 0 saturated carbocycles. The van der Waals surface area contributed by atoms with Gasteiger partial charge in [0.2, 0.25) is 5.69 Å². The molecule has 2 heterocycles. The van der Waals surface area contributed by atoms with Crippen LogP contribution in [-0.2, 0) is 6.54 Å². The highest BCUT2D eigenvalue weighted by Crippen LogP contribution is 2.17. The van der Waals surface area contributed by atoms with Crippen LogP contribution in [0.5, 0.6) is 0 Å². The number of aromatic carboxylic acids is 1. The van der Waals surface area contributed by atoms with E-state index in [-0.39, 0.29) is 6.54 Å². The quantitative estimate of drug-likeness (QED) is 0.630. The first-order valence-electron chi connectivity index (χ1n) is 4.55. The first-order valence-corrected chi connectivity index (χ1v) is 4.55. The van der Waals surface area contributed by atoms with Gasteiger partial charge in [0.05, 0.1) is 17.7 Å². The van der Waals surface area contributed by atoms with Gasteiger partial charge < -0.3 is 9.52 Å². The average Bonchev–Trinajstić information content (AvgIpc) is 2.86. The van der Waals surface area contributed by atoms with Crippen LogP contribution in [0.3, 0.4) is 0 Å². The van der Waals surface area contributed by atoms with Gasteiger partial charge in [-0.05, 0) is 12.1 Å². The minimum Gasteiger partial charge on any atom is -0.476 e. The first kappa shape index (κ1) is 10.9. The lowest BCUT2D eigenvalue weighted by Crippen LogP contribution is -2.04. The molecule has 0 aliphatic rings. The van der Waals surface area contributed by atoms with Crippen molar-refractivity contribution in [3.8, 4) is 0 Å². The van der Waals surface area contributed by atoms with E-state index in [1.807, 2.05) is 0 Å². The summed E-state index contributed by atoms with van der Waals surface area (Å²) >= 11 is 0. The van der Waals surface area contributed by atoms with E-state index in [2.05, 4.69) is 5.10 Å². The van der Waals surface area contributed by atoms with E-state index in [1.165, 1.54) is 6.26 Å². The molecular weight excluding hydrogens is 230 g/mol. The predicted molar refractivity (Wildman–Crippen MR) is 53.7 cm³/mol. The van der Waals surface area contributed by atoms with Gasteiger partial charge in [-0.15, -0.1) is 0 Å². The van der Waals surface area contributed by atoms with Gasteiger partial charge in [0, 0.05) is 0 Å². The Morgan fingerprint density at radius 1 is 1.65 bits per heavy atom. The third kappa shape index (κ3) is 2.14. The molecule has 0 aliphatic carbocycles. The van der Waals surface area contributed by atoms with Gasteiger partial charge in [0.1, 0.15) is 12.0 Å². The van der Waals surface area contributed by atoms with E-state index in [4.69, 9.17) is 9.52 Å². The van der Waals surface area contributed by atoms with E-state index < -0.39 is 22.3 Å². The van der Waals surface area contributed by atoms with Gasteiger partial charge in [-0.3, -0.25) is 14.8 Å². The number of nitrogens with zero attached hydrogens (tertiary/aromatic N) is 3. The minimum atomic E-state index is -1.44. The molecular formula is C9H7N3O5. The number of aromatic nitrogens is 2. The normalized spacial score (nSPS) is 10.4. The number of carbonyl (C=O) groups is 1. The van der Waals surface area contributed by atoms with Crippen molar-refractivity contribution in [2.75, 3.05) is 0 Å². The fraction of sp³-hybridized carbons (Fsp3) is 0.111. The van der Waals surface area contributed by atoms with Crippen molar-refractivity contribution in [3.63, 3.8) is 0 Å². The summed E-state index contributed by atoms with van der Waals surface area (Å²) in [7, 11) is 0. The fourth-order valence-electron chi connectivity index (χ4n) is 1.34. The van der Waals surface area contributed by atoms with Crippen LogP contribution in [0, 0.1) is 10.1 Å². The van der Waals surface area contributed by atoms with E-state index in [0.29, 0.717) is 5.76 Å². The lowest BCUT2D eigenvalue weighted by molar-refractivity contribution is -0.385. The lowest BCUT2D eigenvalue weighted by atomic mass is 10.4. The molecule has 0 spiro atoms. The zero-order valence-corrected chi connectivity index (χ0v) is 8.44. The standard InChI is InChI=1S/C9H7N3O5/c13-9(14)8-7(12(15)16)5-11(10-8)4-6-2-1-3-17-6/h1-3,5H,4H2,(H,13,14). The van der Waals surface area contributed by atoms with Gasteiger partial charge in [-0.2, -0.15) is 5.10 Å². The van der Waals surface area contributed by atoms with E-state index >= 15 is 0 Å². The Labute approximate surface area is 94.2 Å². The average molecular weight is 237 g/mol. The molecule has 2 rings (SSSR count). The van der Waals surface area contributed by atoms with E-state index in [0.717, 1.165) is 10.9 Å². The zero-order chi connectivity index (χ0) is 12.4. The summed E-state index contributed by atoms with van der Waals surface area (Å²) < 4.78 is 6.18. The molecule has 0 unspecified atom stereocenters. The zero-order valence-electron chi connectivity index (χ0n) is 8.44. The first-order chi connectivity index (χ1) is 8.08. The minimum absolute atomic E-state index is 0.140. The second-order valence-corrected chi connectivity index (χ2v) is 3.20. The number of nitro groups is 1. The van der Waals surface area contributed by atoms with Gasteiger partial charge in [0.15, 0.2) is 0 Å². The van der Waals surface area contributed by atoms with Crippen molar-refractivity contribution in [2.45, 2.75) is 6.54 Å². The maximum Gasteiger partial charge on any atom is 0.363 e. The number of hydrogen-bond acceptors (Lipinski definition) is 5. The topological polar surface area (TPSA) is 111 Å². The second-order valence-electron chi connectivity index (χ2n) is 3.20. The summed E-state index contributed by atoms with van der Waals surface area (Å²) in [5.74, 6) is -0.908. The van der Waals surface area contributed by atoms with E-state index in [9.17, 15) is 14.9 Å². The van der Waals surface area contributed by atoms with Crippen molar-refractivity contribution in [3.05, 3.63) is 46.2 Å². The largest absolute Gasteiger partial charge is 0.476 e. The summed E-state index contributed by atoms with van der Waals surface area (Å²) in [5, 5.41) is 23.0. The maximum atomic E-state index is 10.7. The summed E-state index contributed by atoms with van der Waals surface area (Å²) in [4.78, 5) is 20.6.